The summed E-state index contributed by atoms with van der Waals surface area (Å²) in [5, 5.41) is 4.69. The van der Waals surface area contributed by atoms with Crippen LogP contribution in [-0.4, -0.2) is 39.0 Å². The average molecular weight is 286 g/mol. The number of nitrogens with one attached hydrogen (secondary N) is 1. The molecule has 4 nitrogen and oxygen atoms in total. The Labute approximate surface area is 120 Å². The van der Waals surface area contributed by atoms with Crippen LogP contribution in [0, 0.1) is 6.92 Å². The largest absolute Gasteiger partial charge is 0.383 e. The number of methoxy groups -OCH3 is 2. The van der Waals surface area contributed by atoms with Crippen LogP contribution >= 0.6 is 11.3 Å². The molecule has 1 atom stereocenters. The summed E-state index contributed by atoms with van der Waals surface area (Å²) in [6.07, 6.45) is 1.92. The van der Waals surface area contributed by atoms with Crippen molar-refractivity contribution >= 4 is 11.3 Å². The van der Waals surface area contributed by atoms with Crippen molar-refractivity contribution in [2.75, 3.05) is 34.0 Å². The Morgan fingerprint density at radius 2 is 2.00 bits per heavy atom. The van der Waals surface area contributed by atoms with Crippen molar-refractivity contribution in [1.82, 2.24) is 10.3 Å². The quantitative estimate of drug-likeness (QED) is 0.708. The van der Waals surface area contributed by atoms with Crippen LogP contribution in [0.5, 0.6) is 0 Å². The maximum atomic E-state index is 5.43. The van der Waals surface area contributed by atoms with Gasteiger partial charge in [0.25, 0.3) is 0 Å². The summed E-state index contributed by atoms with van der Waals surface area (Å²) in [6, 6.07) is 0. The highest BCUT2D eigenvalue weighted by atomic mass is 32.1. The molecule has 0 aromatic carbocycles. The maximum Gasteiger partial charge on any atom is 0.116 e. The molecule has 1 aromatic heterocycles. The summed E-state index contributed by atoms with van der Waals surface area (Å²) in [7, 11) is 3.46. The lowest BCUT2D eigenvalue weighted by atomic mass is 9.98. The minimum Gasteiger partial charge on any atom is -0.383 e. The average Bonchev–Trinajstić information content (AvgIpc) is 2.79. The third-order valence-electron chi connectivity index (χ3n) is 3.40. The first-order valence-corrected chi connectivity index (χ1v) is 7.64. The van der Waals surface area contributed by atoms with Gasteiger partial charge in [-0.3, -0.25) is 0 Å². The SMILES string of the molecule is CCc1nc(C(CC)(COC)NCCOC)sc1C. The van der Waals surface area contributed by atoms with Gasteiger partial charge in [0.15, 0.2) is 0 Å². The number of ether oxygens (including phenoxy) is 2. The first-order valence-electron chi connectivity index (χ1n) is 6.83. The Bertz CT molecular complexity index is 382. The smallest absolute Gasteiger partial charge is 0.116 e. The number of aryl methyl sites for hydroxylation is 2. The lowest BCUT2D eigenvalue weighted by Crippen LogP contribution is -2.47. The molecule has 0 aliphatic rings. The standard InChI is InChI=1S/C14H26N2O2S/c1-6-12-11(3)19-13(16-12)14(7-2,10-18-5)15-8-9-17-4/h15H,6-10H2,1-5H3. The van der Waals surface area contributed by atoms with Gasteiger partial charge in [-0.2, -0.15) is 0 Å². The minimum absolute atomic E-state index is 0.198. The zero-order valence-electron chi connectivity index (χ0n) is 12.7. The lowest BCUT2D eigenvalue weighted by molar-refractivity contribution is 0.0952. The van der Waals surface area contributed by atoms with Crippen LogP contribution in [-0.2, 0) is 21.4 Å². The topological polar surface area (TPSA) is 43.4 Å². The summed E-state index contributed by atoms with van der Waals surface area (Å²) < 4.78 is 10.6. The molecule has 19 heavy (non-hydrogen) atoms. The lowest BCUT2D eigenvalue weighted by Gasteiger charge is -2.31. The van der Waals surface area contributed by atoms with Crippen molar-refractivity contribution in [3.05, 3.63) is 15.6 Å². The van der Waals surface area contributed by atoms with Crippen LogP contribution in [0.4, 0.5) is 0 Å². The molecule has 1 heterocycles. The highest BCUT2D eigenvalue weighted by Gasteiger charge is 2.33. The second-order valence-corrected chi connectivity index (χ2v) is 5.87. The fourth-order valence-corrected chi connectivity index (χ4v) is 3.39. The van der Waals surface area contributed by atoms with Gasteiger partial charge < -0.3 is 14.8 Å². The second kappa shape index (κ2) is 7.94. The van der Waals surface area contributed by atoms with Crippen LogP contribution in [0.2, 0.25) is 0 Å². The van der Waals surface area contributed by atoms with E-state index in [0.717, 1.165) is 24.4 Å². The second-order valence-electron chi connectivity index (χ2n) is 4.66. The van der Waals surface area contributed by atoms with Gasteiger partial charge in [-0.25, -0.2) is 4.98 Å². The zero-order chi connectivity index (χ0) is 14.3. The van der Waals surface area contributed by atoms with Crippen molar-refractivity contribution in [3.8, 4) is 0 Å². The Morgan fingerprint density at radius 3 is 2.47 bits per heavy atom. The van der Waals surface area contributed by atoms with Crippen molar-refractivity contribution in [1.29, 1.82) is 0 Å². The Hall–Kier alpha value is -0.490. The first kappa shape index (κ1) is 16.6. The molecule has 0 amide bonds. The van der Waals surface area contributed by atoms with E-state index in [9.17, 15) is 0 Å². The van der Waals surface area contributed by atoms with E-state index in [0.29, 0.717) is 13.2 Å². The van der Waals surface area contributed by atoms with Crippen LogP contribution in [0.25, 0.3) is 0 Å². The molecule has 0 aliphatic heterocycles. The molecule has 0 saturated heterocycles. The number of hydrogen-bond donors (Lipinski definition) is 1. The van der Waals surface area contributed by atoms with E-state index in [1.54, 1.807) is 25.6 Å². The molecule has 0 fully saturated rings. The zero-order valence-corrected chi connectivity index (χ0v) is 13.5. The van der Waals surface area contributed by atoms with Gasteiger partial charge in [-0.15, -0.1) is 11.3 Å². The molecule has 5 heteroatoms. The van der Waals surface area contributed by atoms with Crippen LogP contribution < -0.4 is 5.32 Å². The maximum absolute atomic E-state index is 5.43. The van der Waals surface area contributed by atoms with Crippen LogP contribution in [0.3, 0.4) is 0 Å². The first-order chi connectivity index (χ1) is 9.13. The van der Waals surface area contributed by atoms with Gasteiger partial charge in [0.05, 0.1) is 24.4 Å². The van der Waals surface area contributed by atoms with Gasteiger partial charge in [-0.05, 0) is 19.8 Å². The molecule has 110 valence electrons. The fourth-order valence-electron chi connectivity index (χ4n) is 2.17. The van der Waals surface area contributed by atoms with Gasteiger partial charge >= 0.3 is 0 Å². The molecule has 1 N–H and O–H groups in total. The van der Waals surface area contributed by atoms with Crippen molar-refractivity contribution in [2.24, 2.45) is 0 Å². The highest BCUT2D eigenvalue weighted by Crippen LogP contribution is 2.31. The number of thiazole rings is 1. The van der Waals surface area contributed by atoms with Crippen molar-refractivity contribution in [3.63, 3.8) is 0 Å². The van der Waals surface area contributed by atoms with Crippen LogP contribution in [0.15, 0.2) is 0 Å². The number of nitrogens with zero attached hydrogens (tertiary/aromatic N) is 1. The Morgan fingerprint density at radius 1 is 1.26 bits per heavy atom. The minimum atomic E-state index is -0.198. The molecule has 0 saturated carbocycles. The molecule has 0 bridgehead atoms. The van der Waals surface area contributed by atoms with Crippen molar-refractivity contribution in [2.45, 2.75) is 39.2 Å². The summed E-state index contributed by atoms with van der Waals surface area (Å²) in [5.74, 6) is 0. The van der Waals surface area contributed by atoms with Gasteiger partial charge in [-0.1, -0.05) is 13.8 Å². The Kier molecular flexibility index (Phi) is 6.93. The van der Waals surface area contributed by atoms with E-state index in [1.165, 1.54) is 10.6 Å². The summed E-state index contributed by atoms with van der Waals surface area (Å²) in [6.45, 7) is 8.57. The van der Waals surface area contributed by atoms with Gasteiger partial charge in [0.1, 0.15) is 5.01 Å². The van der Waals surface area contributed by atoms with E-state index in [2.05, 4.69) is 26.1 Å². The number of hydrogen-bond acceptors (Lipinski definition) is 5. The highest BCUT2D eigenvalue weighted by molar-refractivity contribution is 7.11. The van der Waals surface area contributed by atoms with Crippen molar-refractivity contribution < 1.29 is 9.47 Å². The fraction of sp³-hybridized carbons (Fsp3) is 0.786. The predicted octanol–water partition coefficient (Wildman–Crippen LogP) is 2.50. The Balaban J connectivity index is 2.98. The molecule has 1 unspecified atom stereocenters. The van der Waals surface area contributed by atoms with E-state index in [4.69, 9.17) is 14.5 Å². The normalized spacial score (nSPS) is 14.6. The van der Waals surface area contributed by atoms with E-state index in [-0.39, 0.29) is 5.54 Å². The third-order valence-corrected chi connectivity index (χ3v) is 4.62. The number of aromatic nitrogens is 1. The number of rotatable bonds is 9. The van der Waals surface area contributed by atoms with Gasteiger partial charge in [0.2, 0.25) is 0 Å². The summed E-state index contributed by atoms with van der Waals surface area (Å²) in [5.41, 5.74) is 0.998. The van der Waals surface area contributed by atoms with E-state index in [1.807, 2.05) is 0 Å². The monoisotopic (exact) mass is 286 g/mol. The molecule has 0 spiro atoms. The molecule has 1 aromatic rings. The third kappa shape index (κ3) is 3.99. The summed E-state index contributed by atoms with van der Waals surface area (Å²) >= 11 is 1.77. The molecular formula is C14H26N2O2S. The van der Waals surface area contributed by atoms with Gasteiger partial charge in [0, 0.05) is 25.6 Å². The van der Waals surface area contributed by atoms with E-state index < -0.39 is 0 Å². The molecule has 0 aliphatic carbocycles. The molecular weight excluding hydrogens is 260 g/mol. The molecule has 0 radical (unpaired) electrons. The van der Waals surface area contributed by atoms with E-state index >= 15 is 0 Å². The summed E-state index contributed by atoms with van der Waals surface area (Å²) in [4.78, 5) is 6.11. The van der Waals surface area contributed by atoms with Crippen LogP contribution in [0.1, 0.15) is 35.8 Å². The molecule has 1 rings (SSSR count). The predicted molar refractivity (Wildman–Crippen MR) is 80.0 cm³/mol.